The molecule has 0 atom stereocenters. The van der Waals surface area contributed by atoms with Gasteiger partial charge in [0.15, 0.2) is 0 Å². The Morgan fingerprint density at radius 1 is 1.17 bits per heavy atom. The summed E-state index contributed by atoms with van der Waals surface area (Å²) in [6.45, 7) is 4.24. The molecule has 1 aromatic carbocycles. The Bertz CT molecular complexity index is 246. The molecular weight excluding hydrogens is 216 g/mol. The van der Waals surface area contributed by atoms with Gasteiger partial charge in [0.05, 0.1) is 7.11 Å². The van der Waals surface area contributed by atoms with Crippen LogP contribution in [0.5, 0.6) is 5.75 Å². The lowest BCUT2D eigenvalue weighted by Gasteiger charge is -2.16. The van der Waals surface area contributed by atoms with E-state index in [4.69, 9.17) is 4.74 Å². The van der Waals surface area contributed by atoms with Crippen LogP contribution in [0.15, 0.2) is 24.3 Å². The van der Waals surface area contributed by atoms with Gasteiger partial charge in [-0.05, 0) is 31.5 Å². The summed E-state index contributed by atoms with van der Waals surface area (Å²) in [5, 5.41) is 0. The fourth-order valence-electron chi connectivity index (χ4n) is 0.987. The first-order valence-corrected chi connectivity index (χ1v) is 4.67. The van der Waals surface area contributed by atoms with E-state index in [0.717, 1.165) is 5.75 Å². The fourth-order valence-corrected chi connectivity index (χ4v) is 1.25. The van der Waals surface area contributed by atoms with Crippen molar-refractivity contribution in [1.29, 1.82) is 0 Å². The van der Waals surface area contributed by atoms with Crippen molar-refractivity contribution in [3.05, 3.63) is 29.8 Å². The number of halogens is 1. The molecule has 1 rings (SSSR count). The highest BCUT2D eigenvalue weighted by Gasteiger charge is 2.14. The van der Waals surface area contributed by atoms with E-state index in [0.29, 0.717) is 0 Å². The molecule has 0 aliphatic heterocycles. The van der Waals surface area contributed by atoms with Crippen LogP contribution >= 0.6 is 15.9 Å². The molecule has 12 heavy (non-hydrogen) atoms. The van der Waals surface area contributed by atoms with Crippen molar-refractivity contribution in [2.45, 2.75) is 18.2 Å². The van der Waals surface area contributed by atoms with Gasteiger partial charge in [-0.2, -0.15) is 0 Å². The maximum atomic E-state index is 5.07. The summed E-state index contributed by atoms with van der Waals surface area (Å²) in [7, 11) is 1.67. The number of benzene rings is 1. The largest absolute Gasteiger partial charge is 0.497 e. The van der Waals surface area contributed by atoms with E-state index in [1.807, 2.05) is 12.1 Å². The van der Waals surface area contributed by atoms with Gasteiger partial charge in [0.2, 0.25) is 0 Å². The van der Waals surface area contributed by atoms with Crippen molar-refractivity contribution < 1.29 is 4.74 Å². The number of rotatable bonds is 2. The zero-order chi connectivity index (χ0) is 9.19. The topological polar surface area (TPSA) is 9.23 Å². The minimum Gasteiger partial charge on any atom is -0.497 e. The molecule has 1 nitrogen and oxygen atoms in total. The van der Waals surface area contributed by atoms with Gasteiger partial charge in [-0.25, -0.2) is 0 Å². The quantitative estimate of drug-likeness (QED) is 0.707. The van der Waals surface area contributed by atoms with Crippen LogP contribution in [0.2, 0.25) is 0 Å². The first-order valence-electron chi connectivity index (χ1n) is 3.87. The number of alkyl halides is 1. The van der Waals surface area contributed by atoms with E-state index in [1.54, 1.807) is 7.11 Å². The Balaban J connectivity index is 2.93. The first-order chi connectivity index (χ1) is 5.54. The number of methoxy groups -OCH3 is 1. The fraction of sp³-hybridized carbons (Fsp3) is 0.400. The molecule has 1 aromatic rings. The van der Waals surface area contributed by atoms with Crippen LogP contribution < -0.4 is 4.74 Å². The smallest absolute Gasteiger partial charge is 0.118 e. The van der Waals surface area contributed by atoms with Gasteiger partial charge in [0, 0.05) is 4.32 Å². The molecule has 0 aliphatic carbocycles. The molecule has 0 bridgehead atoms. The molecular formula is C10H13BrO. The molecule has 66 valence electrons. The van der Waals surface area contributed by atoms with Crippen molar-refractivity contribution in [1.82, 2.24) is 0 Å². The number of hydrogen-bond donors (Lipinski definition) is 0. The Morgan fingerprint density at radius 3 is 2.00 bits per heavy atom. The zero-order valence-electron chi connectivity index (χ0n) is 7.60. The first kappa shape index (κ1) is 9.59. The van der Waals surface area contributed by atoms with Crippen LogP contribution in [-0.4, -0.2) is 7.11 Å². The van der Waals surface area contributed by atoms with Crippen LogP contribution in [0.1, 0.15) is 19.4 Å². The normalized spacial score (nSPS) is 11.3. The van der Waals surface area contributed by atoms with Crippen molar-refractivity contribution >= 4 is 15.9 Å². The average Bonchev–Trinajstić information content (AvgIpc) is 2.03. The van der Waals surface area contributed by atoms with E-state index in [-0.39, 0.29) is 4.32 Å². The molecule has 0 heterocycles. The van der Waals surface area contributed by atoms with E-state index in [2.05, 4.69) is 41.9 Å². The average molecular weight is 229 g/mol. The summed E-state index contributed by atoms with van der Waals surface area (Å²) in [6, 6.07) is 8.07. The lowest BCUT2D eigenvalue weighted by Crippen LogP contribution is -2.05. The van der Waals surface area contributed by atoms with Crippen molar-refractivity contribution in [2.24, 2.45) is 0 Å². The van der Waals surface area contributed by atoms with Crippen molar-refractivity contribution in [3.8, 4) is 5.75 Å². The van der Waals surface area contributed by atoms with Crippen LogP contribution in [0.3, 0.4) is 0 Å². The highest BCUT2D eigenvalue weighted by Crippen LogP contribution is 2.30. The third kappa shape index (κ3) is 2.24. The second-order valence-corrected chi connectivity index (χ2v) is 5.18. The van der Waals surface area contributed by atoms with E-state index in [1.165, 1.54) is 5.56 Å². The molecule has 0 spiro atoms. The SMILES string of the molecule is COc1ccc(C(C)(C)Br)cc1. The van der Waals surface area contributed by atoms with Gasteiger partial charge in [0.1, 0.15) is 5.75 Å². The van der Waals surface area contributed by atoms with E-state index in [9.17, 15) is 0 Å². The molecule has 0 saturated carbocycles. The lowest BCUT2D eigenvalue weighted by atomic mass is 10.0. The third-order valence-corrected chi connectivity index (χ3v) is 2.23. The van der Waals surface area contributed by atoms with Crippen molar-refractivity contribution in [2.75, 3.05) is 7.11 Å². The van der Waals surface area contributed by atoms with Crippen LogP contribution in [0.25, 0.3) is 0 Å². The van der Waals surface area contributed by atoms with Crippen LogP contribution in [0, 0.1) is 0 Å². The lowest BCUT2D eigenvalue weighted by molar-refractivity contribution is 0.414. The summed E-state index contributed by atoms with van der Waals surface area (Å²) in [5.74, 6) is 0.899. The summed E-state index contributed by atoms with van der Waals surface area (Å²) in [5.41, 5.74) is 1.25. The predicted molar refractivity (Wildman–Crippen MR) is 54.9 cm³/mol. The molecule has 2 heteroatoms. The summed E-state index contributed by atoms with van der Waals surface area (Å²) in [4.78, 5) is 0. The van der Waals surface area contributed by atoms with E-state index < -0.39 is 0 Å². The Kier molecular flexibility index (Phi) is 2.78. The Labute approximate surface area is 81.9 Å². The standard InChI is InChI=1S/C10H13BrO/c1-10(2,11)8-4-6-9(12-3)7-5-8/h4-7H,1-3H3. The van der Waals surface area contributed by atoms with Gasteiger partial charge in [-0.1, -0.05) is 28.1 Å². The second-order valence-electron chi connectivity index (χ2n) is 3.20. The van der Waals surface area contributed by atoms with Crippen LogP contribution in [-0.2, 0) is 4.32 Å². The highest BCUT2D eigenvalue weighted by atomic mass is 79.9. The minimum atomic E-state index is 0.0409. The molecule has 0 N–H and O–H groups in total. The van der Waals surface area contributed by atoms with Crippen molar-refractivity contribution in [3.63, 3.8) is 0 Å². The molecule has 0 saturated heterocycles. The molecule has 0 unspecified atom stereocenters. The monoisotopic (exact) mass is 228 g/mol. The maximum Gasteiger partial charge on any atom is 0.118 e. The summed E-state index contributed by atoms with van der Waals surface area (Å²) in [6.07, 6.45) is 0. The Morgan fingerprint density at radius 2 is 1.67 bits per heavy atom. The molecule has 0 aliphatic rings. The van der Waals surface area contributed by atoms with Gasteiger partial charge in [0.25, 0.3) is 0 Å². The Hall–Kier alpha value is -0.500. The van der Waals surface area contributed by atoms with Crippen LogP contribution in [0.4, 0.5) is 0 Å². The second kappa shape index (κ2) is 3.48. The minimum absolute atomic E-state index is 0.0409. The van der Waals surface area contributed by atoms with Gasteiger partial charge < -0.3 is 4.74 Å². The summed E-state index contributed by atoms with van der Waals surface area (Å²) >= 11 is 3.59. The number of hydrogen-bond acceptors (Lipinski definition) is 1. The zero-order valence-corrected chi connectivity index (χ0v) is 9.18. The molecule has 0 radical (unpaired) electrons. The predicted octanol–water partition coefficient (Wildman–Crippen LogP) is 3.33. The molecule has 0 fully saturated rings. The van der Waals surface area contributed by atoms with E-state index >= 15 is 0 Å². The maximum absolute atomic E-state index is 5.07. The third-order valence-electron chi connectivity index (χ3n) is 1.78. The molecule has 0 amide bonds. The molecule has 0 aromatic heterocycles. The van der Waals surface area contributed by atoms with Gasteiger partial charge in [-0.3, -0.25) is 0 Å². The number of ether oxygens (including phenoxy) is 1. The summed E-state index contributed by atoms with van der Waals surface area (Å²) < 4.78 is 5.11. The van der Waals surface area contributed by atoms with Gasteiger partial charge in [-0.15, -0.1) is 0 Å². The van der Waals surface area contributed by atoms with Gasteiger partial charge >= 0.3 is 0 Å². The highest BCUT2D eigenvalue weighted by molar-refractivity contribution is 9.09.